The summed E-state index contributed by atoms with van der Waals surface area (Å²) < 4.78 is 0. The number of carbonyl (C=O) groups is 1. The van der Waals surface area contributed by atoms with E-state index >= 15 is 0 Å². The van der Waals surface area contributed by atoms with E-state index in [4.69, 9.17) is 5.73 Å². The van der Waals surface area contributed by atoms with Gasteiger partial charge in [-0.1, -0.05) is 20.3 Å². The third-order valence-corrected chi connectivity index (χ3v) is 3.21. The first-order valence-corrected chi connectivity index (χ1v) is 6.46. The Bertz CT molecular complexity index is 368. The zero-order valence-electron chi connectivity index (χ0n) is 9.69. The molecule has 88 valence electrons. The van der Waals surface area contributed by atoms with E-state index < -0.39 is 5.91 Å². The lowest BCUT2D eigenvalue weighted by Gasteiger charge is -2.06. The Hall–Kier alpha value is -1.10. The summed E-state index contributed by atoms with van der Waals surface area (Å²) in [5.74, 6) is 0.460. The molecular formula is C11H17N3OS. The number of thioether (sulfide) groups is 1. The van der Waals surface area contributed by atoms with Crippen molar-refractivity contribution >= 4 is 17.7 Å². The zero-order chi connectivity index (χ0) is 12.0. The molecule has 1 rings (SSSR count). The van der Waals surface area contributed by atoms with E-state index in [0.29, 0.717) is 0 Å². The number of carbonyl (C=O) groups excluding carboxylic acids is 1. The molecule has 0 spiro atoms. The fraction of sp³-hybridized carbons (Fsp3) is 0.545. The van der Waals surface area contributed by atoms with Gasteiger partial charge in [0.15, 0.2) is 0 Å². The molecule has 0 bridgehead atoms. The van der Waals surface area contributed by atoms with Crippen LogP contribution in [0.2, 0.25) is 0 Å². The van der Waals surface area contributed by atoms with Gasteiger partial charge in [-0.3, -0.25) is 9.78 Å². The summed E-state index contributed by atoms with van der Waals surface area (Å²) in [6, 6.07) is 0. The van der Waals surface area contributed by atoms with Gasteiger partial charge in [0.25, 0.3) is 5.91 Å². The van der Waals surface area contributed by atoms with Crippen molar-refractivity contribution in [1.82, 2.24) is 9.97 Å². The Balaban J connectivity index is 2.95. The summed E-state index contributed by atoms with van der Waals surface area (Å²) in [6.45, 7) is 4.20. The summed E-state index contributed by atoms with van der Waals surface area (Å²) in [5.41, 5.74) is 6.40. The lowest BCUT2D eigenvalue weighted by molar-refractivity contribution is 0.0994. The maximum absolute atomic E-state index is 11.0. The number of aryl methyl sites for hydroxylation is 1. The highest BCUT2D eigenvalue weighted by Gasteiger charge is 2.10. The van der Waals surface area contributed by atoms with E-state index in [1.807, 2.05) is 0 Å². The summed E-state index contributed by atoms with van der Waals surface area (Å²) in [6.07, 6.45) is 4.43. The molecule has 1 amide bonds. The first-order valence-electron chi connectivity index (χ1n) is 5.47. The van der Waals surface area contributed by atoms with Gasteiger partial charge in [-0.25, -0.2) is 4.98 Å². The van der Waals surface area contributed by atoms with Crippen molar-refractivity contribution in [3.8, 4) is 0 Å². The fourth-order valence-electron chi connectivity index (χ4n) is 1.24. The molecule has 2 N–H and O–H groups in total. The second kappa shape index (κ2) is 6.48. The molecule has 16 heavy (non-hydrogen) atoms. The van der Waals surface area contributed by atoms with Crippen LogP contribution in [0.4, 0.5) is 0 Å². The van der Waals surface area contributed by atoms with Crippen LogP contribution in [0.25, 0.3) is 0 Å². The van der Waals surface area contributed by atoms with Crippen LogP contribution in [0.1, 0.15) is 42.9 Å². The summed E-state index contributed by atoms with van der Waals surface area (Å²) in [4.78, 5) is 19.5. The van der Waals surface area contributed by atoms with Gasteiger partial charge in [0, 0.05) is 0 Å². The average molecular weight is 239 g/mol. The second-order valence-corrected chi connectivity index (χ2v) is 4.55. The minimum absolute atomic E-state index is 0.249. The minimum atomic E-state index is -0.520. The van der Waals surface area contributed by atoms with Gasteiger partial charge in [0.2, 0.25) is 0 Å². The lowest BCUT2D eigenvalue weighted by atomic mass is 10.2. The Morgan fingerprint density at radius 3 is 2.75 bits per heavy atom. The van der Waals surface area contributed by atoms with Crippen LogP contribution < -0.4 is 5.73 Å². The third-order valence-electron chi connectivity index (χ3n) is 1.99. The van der Waals surface area contributed by atoms with E-state index in [9.17, 15) is 4.79 Å². The highest BCUT2D eigenvalue weighted by molar-refractivity contribution is 7.99. The predicted molar refractivity (Wildman–Crippen MR) is 65.6 cm³/mol. The summed E-state index contributed by atoms with van der Waals surface area (Å²) >= 11 is 1.64. The summed E-state index contributed by atoms with van der Waals surface area (Å²) in [5, 5.41) is 0.847. The van der Waals surface area contributed by atoms with Gasteiger partial charge in [0.05, 0.1) is 11.9 Å². The average Bonchev–Trinajstić information content (AvgIpc) is 2.27. The Kier molecular flexibility index (Phi) is 5.25. The molecule has 0 fully saturated rings. The lowest BCUT2D eigenvalue weighted by Crippen LogP contribution is -2.15. The number of hydrogen-bond acceptors (Lipinski definition) is 4. The van der Waals surface area contributed by atoms with Crippen molar-refractivity contribution in [3.05, 3.63) is 17.6 Å². The minimum Gasteiger partial charge on any atom is -0.364 e. The monoisotopic (exact) mass is 239 g/mol. The number of primary amides is 1. The molecule has 0 radical (unpaired) electrons. The molecule has 0 unspecified atom stereocenters. The van der Waals surface area contributed by atoms with E-state index in [-0.39, 0.29) is 5.69 Å². The molecule has 5 heteroatoms. The van der Waals surface area contributed by atoms with Gasteiger partial charge in [-0.2, -0.15) is 0 Å². The van der Waals surface area contributed by atoms with Crippen molar-refractivity contribution in [3.63, 3.8) is 0 Å². The van der Waals surface area contributed by atoms with Gasteiger partial charge >= 0.3 is 0 Å². The molecule has 1 heterocycles. The smallest absolute Gasteiger partial charge is 0.268 e. The molecule has 0 aliphatic heterocycles. The largest absolute Gasteiger partial charge is 0.364 e. The normalized spacial score (nSPS) is 10.4. The quantitative estimate of drug-likeness (QED) is 0.771. The molecule has 0 saturated heterocycles. The molecule has 1 aromatic rings. The molecule has 1 aromatic heterocycles. The molecule has 0 aromatic carbocycles. The Morgan fingerprint density at radius 2 is 2.19 bits per heavy atom. The van der Waals surface area contributed by atoms with Gasteiger partial charge in [0.1, 0.15) is 10.7 Å². The van der Waals surface area contributed by atoms with Crippen LogP contribution in [-0.4, -0.2) is 21.6 Å². The van der Waals surface area contributed by atoms with Gasteiger partial charge < -0.3 is 5.73 Å². The zero-order valence-corrected chi connectivity index (χ0v) is 10.5. The van der Waals surface area contributed by atoms with Crippen LogP contribution >= 0.6 is 11.8 Å². The molecule has 0 atom stereocenters. The van der Waals surface area contributed by atoms with Crippen molar-refractivity contribution in [1.29, 1.82) is 0 Å². The van der Waals surface area contributed by atoms with E-state index in [2.05, 4.69) is 23.8 Å². The molecule has 0 aliphatic rings. The van der Waals surface area contributed by atoms with Crippen LogP contribution in [0.15, 0.2) is 11.2 Å². The van der Waals surface area contributed by atoms with Crippen LogP contribution in [0.3, 0.4) is 0 Å². The third kappa shape index (κ3) is 3.48. The van der Waals surface area contributed by atoms with Crippen molar-refractivity contribution < 1.29 is 4.79 Å². The standard InChI is InChI=1S/C11H17N3OS/c1-3-5-8-11(16-6-4-2)14-9(7-13-8)10(12)15/h7H,3-6H2,1-2H3,(H2,12,15). The van der Waals surface area contributed by atoms with Crippen molar-refractivity contribution in [2.24, 2.45) is 5.73 Å². The van der Waals surface area contributed by atoms with E-state index in [0.717, 1.165) is 35.7 Å². The van der Waals surface area contributed by atoms with E-state index in [1.54, 1.807) is 11.8 Å². The summed E-state index contributed by atoms with van der Waals surface area (Å²) in [7, 11) is 0. The Labute approximate surface area is 100 Å². The van der Waals surface area contributed by atoms with Crippen LogP contribution in [0.5, 0.6) is 0 Å². The maximum Gasteiger partial charge on any atom is 0.268 e. The number of amides is 1. The number of hydrogen-bond donors (Lipinski definition) is 1. The first-order chi connectivity index (χ1) is 7.69. The molecule has 4 nitrogen and oxygen atoms in total. The predicted octanol–water partition coefficient (Wildman–Crippen LogP) is 2.03. The molecular weight excluding hydrogens is 222 g/mol. The SMILES string of the molecule is CCCSc1nc(C(N)=O)cnc1CCC. The maximum atomic E-state index is 11.0. The molecule has 0 saturated carbocycles. The molecule has 0 aliphatic carbocycles. The number of nitrogens with zero attached hydrogens (tertiary/aromatic N) is 2. The highest BCUT2D eigenvalue weighted by atomic mass is 32.2. The number of rotatable bonds is 6. The van der Waals surface area contributed by atoms with Gasteiger partial charge in [-0.05, 0) is 18.6 Å². The van der Waals surface area contributed by atoms with Crippen molar-refractivity contribution in [2.45, 2.75) is 38.1 Å². The number of aromatic nitrogens is 2. The van der Waals surface area contributed by atoms with Gasteiger partial charge in [-0.15, -0.1) is 11.8 Å². The second-order valence-electron chi connectivity index (χ2n) is 3.47. The van der Waals surface area contributed by atoms with E-state index in [1.165, 1.54) is 6.20 Å². The van der Waals surface area contributed by atoms with Crippen LogP contribution in [0, 0.1) is 0 Å². The first kappa shape index (κ1) is 13.0. The van der Waals surface area contributed by atoms with Crippen LogP contribution in [-0.2, 0) is 6.42 Å². The van der Waals surface area contributed by atoms with Crippen molar-refractivity contribution in [2.75, 3.05) is 5.75 Å². The Morgan fingerprint density at radius 1 is 1.44 bits per heavy atom. The highest BCUT2D eigenvalue weighted by Crippen LogP contribution is 2.21. The topological polar surface area (TPSA) is 68.9 Å². The fourth-order valence-corrected chi connectivity index (χ4v) is 2.12. The number of nitrogens with two attached hydrogens (primary N) is 1.